The molecule has 0 N–H and O–H groups in total. The molecule has 23 heavy (non-hydrogen) atoms. The van der Waals surface area contributed by atoms with Crippen molar-refractivity contribution < 1.29 is 8.95 Å². The van der Waals surface area contributed by atoms with Gasteiger partial charge in [0.25, 0.3) is 0 Å². The van der Waals surface area contributed by atoms with Crippen molar-refractivity contribution >= 4 is 10.8 Å². The lowest BCUT2D eigenvalue weighted by Gasteiger charge is -2.42. The van der Waals surface area contributed by atoms with Crippen LogP contribution in [0.25, 0.3) is 0 Å². The highest BCUT2D eigenvalue weighted by Gasteiger charge is 2.67. The standard InChI is InChI=1S/C20H26O2S/c1-14(2)17-11-12-20-18(23(21)16-7-5-4-6-8-16)10-9-15(22-20)13-19(17,20)3/h4-8,10,14-15,17H,9,11-13H2,1-3H3/t15-,17+,19+,20+,23?/m0/s1. The fraction of sp³-hybridized carbons (Fsp3) is 0.600. The number of hydrogen-bond acceptors (Lipinski definition) is 2. The Bertz CT molecular complexity index is 665. The maximum Gasteiger partial charge on any atom is 0.107 e. The van der Waals surface area contributed by atoms with E-state index in [1.54, 1.807) is 0 Å². The Morgan fingerprint density at radius 2 is 2.00 bits per heavy atom. The van der Waals surface area contributed by atoms with Gasteiger partial charge in [-0.1, -0.05) is 45.0 Å². The molecule has 2 fully saturated rings. The first-order chi connectivity index (χ1) is 11.0. The Kier molecular flexibility index (Phi) is 3.58. The van der Waals surface area contributed by atoms with Crippen LogP contribution in [-0.2, 0) is 15.5 Å². The van der Waals surface area contributed by atoms with Crippen molar-refractivity contribution in [2.75, 3.05) is 0 Å². The zero-order valence-corrected chi connectivity index (χ0v) is 15.1. The average molecular weight is 330 g/mol. The summed E-state index contributed by atoms with van der Waals surface area (Å²) in [7, 11) is -1.11. The van der Waals surface area contributed by atoms with Gasteiger partial charge < -0.3 is 4.74 Å². The minimum atomic E-state index is -1.11. The molecule has 2 aliphatic heterocycles. The van der Waals surface area contributed by atoms with Crippen LogP contribution in [-0.4, -0.2) is 15.9 Å². The maximum absolute atomic E-state index is 13.3. The van der Waals surface area contributed by atoms with Crippen LogP contribution in [0.3, 0.4) is 0 Å². The van der Waals surface area contributed by atoms with Gasteiger partial charge in [-0.15, -0.1) is 0 Å². The highest BCUT2D eigenvalue weighted by atomic mass is 32.2. The van der Waals surface area contributed by atoms with Gasteiger partial charge in [0.2, 0.25) is 0 Å². The molecule has 124 valence electrons. The van der Waals surface area contributed by atoms with Gasteiger partial charge in [0.15, 0.2) is 0 Å². The van der Waals surface area contributed by atoms with Crippen LogP contribution in [0.4, 0.5) is 0 Å². The predicted molar refractivity (Wildman–Crippen MR) is 93.4 cm³/mol. The molecule has 1 saturated carbocycles. The molecule has 1 unspecified atom stereocenters. The van der Waals surface area contributed by atoms with Crippen LogP contribution in [0, 0.1) is 17.3 Å². The fourth-order valence-electron chi connectivity index (χ4n) is 5.53. The van der Waals surface area contributed by atoms with Crippen molar-refractivity contribution in [1.82, 2.24) is 0 Å². The number of rotatable bonds is 3. The number of fused-ring (bicyclic) bond motifs is 1. The second-order valence-corrected chi connectivity index (χ2v) is 9.41. The summed E-state index contributed by atoms with van der Waals surface area (Å²) < 4.78 is 19.9. The molecule has 0 aromatic heterocycles. The van der Waals surface area contributed by atoms with Crippen molar-refractivity contribution in [3.63, 3.8) is 0 Å². The van der Waals surface area contributed by atoms with Crippen LogP contribution < -0.4 is 0 Å². The molecule has 2 nitrogen and oxygen atoms in total. The van der Waals surface area contributed by atoms with E-state index in [4.69, 9.17) is 4.74 Å². The van der Waals surface area contributed by atoms with E-state index < -0.39 is 10.8 Å². The summed E-state index contributed by atoms with van der Waals surface area (Å²) in [6.07, 6.45) is 6.79. The number of hydrogen-bond donors (Lipinski definition) is 0. The molecular weight excluding hydrogens is 304 g/mol. The third-order valence-electron chi connectivity index (χ3n) is 6.49. The Morgan fingerprint density at radius 1 is 1.26 bits per heavy atom. The van der Waals surface area contributed by atoms with Gasteiger partial charge >= 0.3 is 0 Å². The quantitative estimate of drug-likeness (QED) is 0.804. The van der Waals surface area contributed by atoms with E-state index in [1.807, 2.05) is 30.3 Å². The molecule has 4 rings (SSSR count). The molecule has 5 atom stereocenters. The fourth-order valence-corrected chi connectivity index (χ4v) is 7.12. The third kappa shape index (κ3) is 2.05. The predicted octanol–water partition coefficient (Wildman–Crippen LogP) is 4.68. The van der Waals surface area contributed by atoms with Crippen molar-refractivity contribution in [2.24, 2.45) is 17.3 Å². The van der Waals surface area contributed by atoms with Crippen LogP contribution in [0.15, 0.2) is 46.2 Å². The summed E-state index contributed by atoms with van der Waals surface area (Å²) in [5.74, 6) is 1.30. The van der Waals surface area contributed by atoms with E-state index in [0.717, 1.165) is 29.1 Å². The lowest BCUT2D eigenvalue weighted by Crippen LogP contribution is -2.46. The van der Waals surface area contributed by atoms with Gasteiger partial charge in [-0.3, -0.25) is 0 Å². The SMILES string of the molecule is CC(C)[C@H]1CC[C@@]23O[C@@H](CC=C2S(=O)c2ccccc2)C[C@]13C. The van der Waals surface area contributed by atoms with E-state index in [-0.39, 0.29) is 11.0 Å². The highest BCUT2D eigenvalue weighted by Crippen LogP contribution is 2.67. The molecule has 0 amide bonds. The molecule has 3 heteroatoms. The maximum atomic E-state index is 13.3. The van der Waals surface area contributed by atoms with Crippen LogP contribution in [0.2, 0.25) is 0 Å². The first-order valence-corrected chi connectivity index (χ1v) is 9.98. The van der Waals surface area contributed by atoms with E-state index in [9.17, 15) is 4.21 Å². The molecule has 1 aromatic carbocycles. The molecule has 2 bridgehead atoms. The van der Waals surface area contributed by atoms with Crippen LogP contribution in [0.5, 0.6) is 0 Å². The Hall–Kier alpha value is -0.930. The van der Waals surface area contributed by atoms with Crippen molar-refractivity contribution in [1.29, 1.82) is 0 Å². The molecular formula is C20H26O2S. The van der Waals surface area contributed by atoms with E-state index in [1.165, 1.54) is 6.42 Å². The van der Waals surface area contributed by atoms with Gasteiger partial charge in [-0.05, 0) is 49.7 Å². The minimum absolute atomic E-state index is 0.124. The average Bonchev–Trinajstić information content (AvgIpc) is 2.92. The Balaban J connectivity index is 1.78. The van der Waals surface area contributed by atoms with Crippen LogP contribution >= 0.6 is 0 Å². The minimum Gasteiger partial charge on any atom is -0.365 e. The first kappa shape index (κ1) is 15.6. The second kappa shape index (κ2) is 5.29. The first-order valence-electron chi connectivity index (χ1n) is 8.83. The monoisotopic (exact) mass is 330 g/mol. The number of ether oxygens (including phenoxy) is 1. The van der Waals surface area contributed by atoms with Crippen molar-refractivity contribution in [2.45, 2.75) is 63.1 Å². The smallest absolute Gasteiger partial charge is 0.107 e. The zero-order chi connectivity index (χ0) is 16.2. The van der Waals surface area contributed by atoms with E-state index in [0.29, 0.717) is 17.9 Å². The lowest BCUT2D eigenvalue weighted by molar-refractivity contribution is -0.0504. The van der Waals surface area contributed by atoms with Gasteiger partial charge in [0.1, 0.15) is 5.60 Å². The van der Waals surface area contributed by atoms with Crippen molar-refractivity contribution in [3.8, 4) is 0 Å². The van der Waals surface area contributed by atoms with Gasteiger partial charge in [0.05, 0.1) is 16.9 Å². The molecule has 1 aliphatic carbocycles. The van der Waals surface area contributed by atoms with Crippen LogP contribution in [0.1, 0.15) is 46.5 Å². The summed E-state index contributed by atoms with van der Waals surface area (Å²) >= 11 is 0. The van der Waals surface area contributed by atoms with Gasteiger partial charge in [-0.25, -0.2) is 4.21 Å². The zero-order valence-electron chi connectivity index (χ0n) is 14.2. The molecule has 3 aliphatic rings. The topological polar surface area (TPSA) is 26.3 Å². The summed E-state index contributed by atoms with van der Waals surface area (Å²) in [6.45, 7) is 7.05. The summed E-state index contributed by atoms with van der Waals surface area (Å²) in [6, 6.07) is 9.86. The van der Waals surface area contributed by atoms with Crippen molar-refractivity contribution in [3.05, 3.63) is 41.3 Å². The summed E-state index contributed by atoms with van der Waals surface area (Å²) in [4.78, 5) is 1.94. The molecule has 1 aromatic rings. The number of benzene rings is 1. The highest BCUT2D eigenvalue weighted by molar-refractivity contribution is 7.89. The Morgan fingerprint density at radius 3 is 2.70 bits per heavy atom. The van der Waals surface area contributed by atoms with E-state index >= 15 is 0 Å². The second-order valence-electron chi connectivity index (χ2n) is 7.96. The van der Waals surface area contributed by atoms with Gasteiger partial charge in [-0.2, -0.15) is 0 Å². The summed E-state index contributed by atoms with van der Waals surface area (Å²) in [5, 5.41) is 0. The lowest BCUT2D eigenvalue weighted by atomic mass is 9.67. The molecule has 1 saturated heterocycles. The third-order valence-corrected chi connectivity index (χ3v) is 8.09. The largest absolute Gasteiger partial charge is 0.365 e. The van der Waals surface area contributed by atoms with E-state index in [2.05, 4.69) is 26.8 Å². The molecule has 2 heterocycles. The Labute approximate surface area is 141 Å². The molecule has 1 spiro atoms. The normalized spacial score (nSPS) is 40.1. The summed E-state index contributed by atoms with van der Waals surface area (Å²) in [5.41, 5.74) is -0.176. The molecule has 0 radical (unpaired) electrons. The van der Waals surface area contributed by atoms with Gasteiger partial charge in [0, 0.05) is 15.2 Å².